The maximum Gasteiger partial charge on any atom is 0.250 e. The molecule has 1 heterocycles. The zero-order valence-electron chi connectivity index (χ0n) is 13.1. The van der Waals surface area contributed by atoms with Crippen LogP contribution in [0, 0.1) is 11.3 Å². The van der Waals surface area contributed by atoms with Crippen LogP contribution in [-0.4, -0.2) is 11.0 Å². The summed E-state index contributed by atoms with van der Waals surface area (Å²) in [6.07, 6.45) is 6.01. The van der Waals surface area contributed by atoms with Gasteiger partial charge in [-0.3, -0.25) is 10.1 Å². The summed E-state index contributed by atoms with van der Waals surface area (Å²) in [4.78, 5) is 13.2. The molecule has 1 aliphatic carbocycles. The average Bonchev–Trinajstić information content (AvgIpc) is 3.14. The SMILES string of the molecule is N#Cc1c(NC(=S)NC(=O)C=Cc2ccccc2Cl)sc2c1CCC2. The van der Waals surface area contributed by atoms with Crippen molar-refractivity contribution >= 4 is 57.3 Å². The third-order valence-corrected chi connectivity index (χ3v) is 5.57. The second-order valence-electron chi connectivity index (χ2n) is 5.47. The maximum absolute atomic E-state index is 12.0. The largest absolute Gasteiger partial charge is 0.323 e. The van der Waals surface area contributed by atoms with Gasteiger partial charge in [-0.15, -0.1) is 11.3 Å². The first-order valence-corrected chi connectivity index (χ1v) is 9.28. The first-order chi connectivity index (χ1) is 12.1. The molecule has 1 aromatic carbocycles. The Balaban J connectivity index is 1.63. The third kappa shape index (κ3) is 4.07. The monoisotopic (exact) mass is 387 g/mol. The lowest BCUT2D eigenvalue weighted by Gasteiger charge is -2.07. The number of rotatable bonds is 3. The highest BCUT2D eigenvalue weighted by molar-refractivity contribution is 7.80. The van der Waals surface area contributed by atoms with Gasteiger partial charge in [0, 0.05) is 16.0 Å². The molecule has 7 heteroatoms. The average molecular weight is 388 g/mol. The second-order valence-corrected chi connectivity index (χ2v) is 7.39. The summed E-state index contributed by atoms with van der Waals surface area (Å²) in [6.45, 7) is 0. The quantitative estimate of drug-likeness (QED) is 0.609. The van der Waals surface area contributed by atoms with Crippen molar-refractivity contribution in [3.8, 4) is 6.07 Å². The van der Waals surface area contributed by atoms with Gasteiger partial charge in [0.25, 0.3) is 0 Å². The van der Waals surface area contributed by atoms with Crippen molar-refractivity contribution in [3.05, 3.63) is 56.9 Å². The minimum atomic E-state index is -0.361. The van der Waals surface area contributed by atoms with E-state index in [1.807, 2.05) is 18.2 Å². The zero-order valence-corrected chi connectivity index (χ0v) is 15.5. The predicted molar refractivity (Wildman–Crippen MR) is 106 cm³/mol. The molecule has 0 bridgehead atoms. The van der Waals surface area contributed by atoms with Crippen LogP contribution in [0.1, 0.15) is 28.0 Å². The van der Waals surface area contributed by atoms with Gasteiger partial charge in [0.05, 0.1) is 5.56 Å². The van der Waals surface area contributed by atoms with E-state index in [-0.39, 0.29) is 11.0 Å². The van der Waals surface area contributed by atoms with Crippen molar-refractivity contribution in [2.45, 2.75) is 19.3 Å². The van der Waals surface area contributed by atoms with Gasteiger partial charge in [0.2, 0.25) is 5.91 Å². The molecule has 0 saturated carbocycles. The standard InChI is InChI=1S/C18H14ClN3OS2/c19-14-6-2-1-4-11(14)8-9-16(23)21-18(24)22-17-13(10-20)12-5-3-7-15(12)25-17/h1-2,4,6,8-9H,3,5,7H2,(H2,21,22,23,24). The number of carbonyl (C=O) groups is 1. The van der Waals surface area contributed by atoms with Crippen molar-refractivity contribution in [2.75, 3.05) is 5.32 Å². The topological polar surface area (TPSA) is 64.9 Å². The van der Waals surface area contributed by atoms with E-state index >= 15 is 0 Å². The first-order valence-electron chi connectivity index (χ1n) is 7.67. The molecule has 0 fully saturated rings. The lowest BCUT2D eigenvalue weighted by Crippen LogP contribution is -2.32. The predicted octanol–water partition coefficient (Wildman–Crippen LogP) is 4.29. The molecule has 0 unspecified atom stereocenters. The fourth-order valence-corrected chi connectivity index (χ4v) is 4.38. The van der Waals surface area contributed by atoms with Crippen molar-refractivity contribution in [1.82, 2.24) is 5.32 Å². The van der Waals surface area contributed by atoms with Crippen LogP contribution in [0.25, 0.3) is 6.08 Å². The van der Waals surface area contributed by atoms with Crippen LogP contribution in [0.15, 0.2) is 30.3 Å². The van der Waals surface area contributed by atoms with Crippen molar-refractivity contribution in [2.24, 2.45) is 0 Å². The Bertz CT molecular complexity index is 912. The number of thiocarbonyl (C=S) groups is 1. The number of thiophene rings is 1. The maximum atomic E-state index is 12.0. The fraction of sp³-hybridized carbons (Fsp3) is 0.167. The molecule has 0 aliphatic heterocycles. The van der Waals surface area contributed by atoms with Gasteiger partial charge < -0.3 is 5.32 Å². The first kappa shape index (κ1) is 17.6. The molecule has 0 atom stereocenters. The molecule has 2 aromatic rings. The molecule has 0 radical (unpaired) electrons. The Labute approximate surface area is 160 Å². The number of nitrogens with one attached hydrogen (secondary N) is 2. The van der Waals surface area contributed by atoms with Crippen LogP contribution in [0.4, 0.5) is 5.00 Å². The normalized spacial score (nSPS) is 12.6. The summed E-state index contributed by atoms with van der Waals surface area (Å²) in [7, 11) is 0. The lowest BCUT2D eigenvalue weighted by molar-refractivity contribution is -0.115. The number of nitriles is 1. The van der Waals surface area contributed by atoms with Crippen LogP contribution < -0.4 is 10.6 Å². The highest BCUT2D eigenvalue weighted by atomic mass is 35.5. The molecule has 126 valence electrons. The summed E-state index contributed by atoms with van der Waals surface area (Å²) < 4.78 is 0. The van der Waals surface area contributed by atoms with Gasteiger partial charge in [-0.05, 0) is 54.7 Å². The molecule has 4 nitrogen and oxygen atoms in total. The molecule has 25 heavy (non-hydrogen) atoms. The molecule has 2 N–H and O–H groups in total. The Morgan fingerprint density at radius 1 is 1.36 bits per heavy atom. The number of anilines is 1. The Hall–Kier alpha value is -2.20. The van der Waals surface area contributed by atoms with E-state index in [2.05, 4.69) is 16.7 Å². The van der Waals surface area contributed by atoms with E-state index in [4.69, 9.17) is 23.8 Å². The Morgan fingerprint density at radius 2 is 2.16 bits per heavy atom. The van der Waals surface area contributed by atoms with Crippen molar-refractivity contribution in [3.63, 3.8) is 0 Å². The minimum absolute atomic E-state index is 0.172. The van der Waals surface area contributed by atoms with Gasteiger partial charge in [-0.25, -0.2) is 0 Å². The van der Waals surface area contributed by atoms with E-state index in [0.29, 0.717) is 15.6 Å². The third-order valence-electron chi connectivity index (χ3n) is 3.82. The van der Waals surface area contributed by atoms with E-state index in [1.165, 1.54) is 22.3 Å². The number of benzene rings is 1. The van der Waals surface area contributed by atoms with E-state index in [9.17, 15) is 10.1 Å². The van der Waals surface area contributed by atoms with Crippen LogP contribution in [0.2, 0.25) is 5.02 Å². The van der Waals surface area contributed by atoms with Crippen LogP contribution >= 0.6 is 35.2 Å². The summed E-state index contributed by atoms with van der Waals surface area (Å²) in [5.74, 6) is -0.361. The number of halogens is 1. The molecular formula is C18H14ClN3OS2. The van der Waals surface area contributed by atoms with Crippen LogP contribution in [-0.2, 0) is 17.6 Å². The molecule has 1 aromatic heterocycles. The van der Waals surface area contributed by atoms with Gasteiger partial charge in [0.15, 0.2) is 5.11 Å². The van der Waals surface area contributed by atoms with Crippen molar-refractivity contribution in [1.29, 1.82) is 5.26 Å². The van der Waals surface area contributed by atoms with Crippen LogP contribution in [0.3, 0.4) is 0 Å². The number of carbonyl (C=O) groups excluding carboxylic acids is 1. The molecular weight excluding hydrogens is 374 g/mol. The van der Waals surface area contributed by atoms with Gasteiger partial charge in [0.1, 0.15) is 11.1 Å². The van der Waals surface area contributed by atoms with E-state index < -0.39 is 0 Å². The Kier molecular flexibility index (Phi) is 5.49. The van der Waals surface area contributed by atoms with Crippen LogP contribution in [0.5, 0.6) is 0 Å². The lowest BCUT2D eigenvalue weighted by atomic mass is 10.1. The highest BCUT2D eigenvalue weighted by Crippen LogP contribution is 2.38. The highest BCUT2D eigenvalue weighted by Gasteiger charge is 2.22. The molecule has 1 aliphatic rings. The number of hydrogen-bond donors (Lipinski definition) is 2. The summed E-state index contributed by atoms with van der Waals surface area (Å²) >= 11 is 12.8. The fourth-order valence-electron chi connectivity index (χ4n) is 2.67. The summed E-state index contributed by atoms with van der Waals surface area (Å²) in [6, 6.07) is 9.47. The minimum Gasteiger partial charge on any atom is -0.323 e. The number of amides is 1. The molecule has 0 spiro atoms. The Morgan fingerprint density at radius 3 is 2.92 bits per heavy atom. The molecule has 1 amide bonds. The summed E-state index contributed by atoms with van der Waals surface area (Å²) in [5.41, 5.74) is 2.50. The molecule has 0 saturated heterocycles. The zero-order chi connectivity index (χ0) is 17.8. The van der Waals surface area contributed by atoms with Gasteiger partial charge in [-0.1, -0.05) is 29.8 Å². The van der Waals surface area contributed by atoms with E-state index in [1.54, 1.807) is 12.1 Å². The number of fused-ring (bicyclic) bond motifs is 1. The van der Waals surface area contributed by atoms with E-state index in [0.717, 1.165) is 30.4 Å². The smallest absolute Gasteiger partial charge is 0.250 e. The number of aryl methyl sites for hydroxylation is 1. The number of hydrogen-bond acceptors (Lipinski definition) is 4. The van der Waals surface area contributed by atoms with Crippen molar-refractivity contribution < 1.29 is 4.79 Å². The molecule has 3 rings (SSSR count). The number of nitrogens with zero attached hydrogens (tertiary/aromatic N) is 1. The van der Waals surface area contributed by atoms with Gasteiger partial charge >= 0.3 is 0 Å². The van der Waals surface area contributed by atoms with Gasteiger partial charge in [-0.2, -0.15) is 5.26 Å². The summed E-state index contributed by atoms with van der Waals surface area (Å²) in [5, 5.41) is 16.4. The second kappa shape index (κ2) is 7.79.